The van der Waals surface area contributed by atoms with E-state index in [0.717, 1.165) is 53.6 Å². The van der Waals surface area contributed by atoms with Crippen LogP contribution in [-0.2, 0) is 41.2 Å². The fraction of sp³-hybridized carbons (Fsp3) is 0.436. The second-order valence-corrected chi connectivity index (χ2v) is 13.9. The molecular weight excluding hydrogens is 731 g/mol. The zero-order valence-electron chi connectivity index (χ0n) is 31.7. The Labute approximate surface area is 326 Å². The Morgan fingerprint density at radius 2 is 1.25 bits per heavy atom. The number of carbonyl (C=O) groups is 4. The van der Waals surface area contributed by atoms with Crippen LogP contribution in [0.15, 0.2) is 57.8 Å². The van der Waals surface area contributed by atoms with Gasteiger partial charge in [0.2, 0.25) is 17.7 Å². The van der Waals surface area contributed by atoms with Crippen LogP contribution in [0, 0.1) is 0 Å². The lowest BCUT2D eigenvalue weighted by atomic mass is 9.78. The summed E-state index contributed by atoms with van der Waals surface area (Å²) < 4.78 is 31.0. The summed E-state index contributed by atoms with van der Waals surface area (Å²) in [6.07, 6.45) is 5.14. The zero-order valence-corrected chi connectivity index (χ0v) is 32.4. The van der Waals surface area contributed by atoms with E-state index in [1.165, 1.54) is 26.0 Å². The van der Waals surface area contributed by atoms with Crippen molar-refractivity contribution in [3.05, 3.63) is 76.8 Å². The molecule has 0 bridgehead atoms. The molecule has 294 valence electrons. The summed E-state index contributed by atoms with van der Waals surface area (Å²) >= 11 is 5.28. The van der Waals surface area contributed by atoms with Crippen LogP contribution in [0.2, 0.25) is 5.35 Å². The van der Waals surface area contributed by atoms with Gasteiger partial charge in [-0.2, -0.15) is 4.98 Å². The van der Waals surface area contributed by atoms with Crippen LogP contribution in [0.4, 0.5) is 11.4 Å². The first-order valence-electron chi connectivity index (χ1n) is 17.6. The van der Waals surface area contributed by atoms with Crippen LogP contribution >= 0.6 is 11.6 Å². The highest BCUT2D eigenvalue weighted by atomic mass is 35.5. The van der Waals surface area contributed by atoms with Crippen molar-refractivity contribution in [3.8, 4) is 11.5 Å². The third kappa shape index (κ3) is 9.29. The van der Waals surface area contributed by atoms with Crippen LogP contribution in [0.25, 0.3) is 11.5 Å². The van der Waals surface area contributed by atoms with Crippen molar-refractivity contribution in [2.45, 2.75) is 85.9 Å². The first kappa shape index (κ1) is 42.8. The van der Waals surface area contributed by atoms with Crippen molar-refractivity contribution >= 4 is 59.3 Å². The van der Waals surface area contributed by atoms with E-state index in [4.69, 9.17) is 25.3 Å². The quantitative estimate of drug-likeness (QED) is 0.155. The van der Waals surface area contributed by atoms with Crippen molar-refractivity contribution in [1.29, 1.82) is 0 Å². The molecule has 7 rings (SSSR count). The normalized spacial score (nSPS) is 15.8. The molecule has 3 aliphatic heterocycles. The van der Waals surface area contributed by atoms with Gasteiger partial charge in [-0.15, -0.1) is 0 Å². The van der Waals surface area contributed by atoms with Crippen molar-refractivity contribution in [1.82, 2.24) is 9.97 Å². The molecule has 0 atom stereocenters. The van der Waals surface area contributed by atoms with Gasteiger partial charge in [-0.3, -0.25) is 9.59 Å². The smallest absolute Gasteiger partial charge is 0.464 e. The number of benzene rings is 2. The number of fused-ring (bicyclic) bond motifs is 2. The number of hydrogen-bond acceptors (Lipinski definition) is 12. The molecule has 14 nitrogen and oxygen atoms in total. The maximum Gasteiger partial charge on any atom is 0.494 e. The van der Waals surface area contributed by atoms with E-state index in [0.29, 0.717) is 25.3 Å². The molecule has 2 amide bonds. The highest BCUT2D eigenvalue weighted by Crippen LogP contribution is 2.37. The third-order valence-corrected chi connectivity index (χ3v) is 9.90. The van der Waals surface area contributed by atoms with Gasteiger partial charge in [0.05, 0.1) is 25.4 Å². The van der Waals surface area contributed by atoms with Crippen molar-refractivity contribution in [2.75, 3.05) is 37.1 Å². The molecule has 0 radical (unpaired) electrons. The van der Waals surface area contributed by atoms with Crippen LogP contribution in [0.3, 0.4) is 0 Å². The maximum absolute atomic E-state index is 12.0. The lowest BCUT2D eigenvalue weighted by molar-refractivity contribution is -0.119. The minimum Gasteiger partial charge on any atom is -0.464 e. The van der Waals surface area contributed by atoms with Gasteiger partial charge < -0.3 is 37.4 Å². The molecule has 55 heavy (non-hydrogen) atoms. The molecule has 16 heteroatoms. The molecule has 5 heterocycles. The molecule has 0 N–H and O–H groups in total. The number of rotatable bonds is 6. The van der Waals surface area contributed by atoms with Gasteiger partial charge in [-0.1, -0.05) is 33.4 Å². The highest BCUT2D eigenvalue weighted by molar-refractivity contribution is 6.62. The van der Waals surface area contributed by atoms with Gasteiger partial charge in [0.15, 0.2) is 11.4 Å². The summed E-state index contributed by atoms with van der Waals surface area (Å²) in [5.41, 5.74) is 5.62. The van der Waals surface area contributed by atoms with E-state index in [1.54, 1.807) is 4.90 Å². The minimum absolute atomic E-state index is 0. The zero-order chi connectivity index (χ0) is 39.4. The number of halogens is 1. The second-order valence-electron chi connectivity index (χ2n) is 13.6. The second kappa shape index (κ2) is 17.6. The first-order chi connectivity index (χ1) is 25.6. The summed E-state index contributed by atoms with van der Waals surface area (Å²) in [7, 11) is 2.21. The van der Waals surface area contributed by atoms with Crippen LogP contribution in [-0.4, -0.2) is 79.4 Å². The Bertz CT molecular complexity index is 2010. The molecule has 4 aromatic rings. The fourth-order valence-corrected chi connectivity index (χ4v) is 6.17. The van der Waals surface area contributed by atoms with Crippen molar-refractivity contribution in [2.24, 2.45) is 0 Å². The van der Waals surface area contributed by atoms with Crippen molar-refractivity contribution < 1.29 is 46.8 Å². The Morgan fingerprint density at radius 1 is 0.764 bits per heavy atom. The Kier molecular flexibility index (Phi) is 13.7. The van der Waals surface area contributed by atoms with Crippen molar-refractivity contribution in [3.63, 3.8) is 0 Å². The summed E-state index contributed by atoms with van der Waals surface area (Å²) in [6.45, 7) is 13.5. The largest absolute Gasteiger partial charge is 0.494 e. The third-order valence-electron chi connectivity index (χ3n) is 9.72. The summed E-state index contributed by atoms with van der Waals surface area (Å²) in [6, 6.07) is 11.9. The molecule has 0 aliphatic carbocycles. The number of amides is 2. The molecule has 1 fully saturated rings. The molecule has 1 saturated heterocycles. The summed E-state index contributed by atoms with van der Waals surface area (Å²) in [4.78, 5) is 57.2. The topological polar surface area (TPSA) is 164 Å². The Hall–Kier alpha value is -4.99. The van der Waals surface area contributed by atoms with E-state index >= 15 is 0 Å². The molecule has 3 aliphatic rings. The fourth-order valence-electron chi connectivity index (χ4n) is 6.04. The lowest BCUT2D eigenvalue weighted by Gasteiger charge is -2.32. The van der Waals surface area contributed by atoms with Crippen LogP contribution in [0.5, 0.6) is 0 Å². The Balaban J connectivity index is 0.000000195. The van der Waals surface area contributed by atoms with Gasteiger partial charge in [0, 0.05) is 42.9 Å². The minimum atomic E-state index is -0.560. The van der Waals surface area contributed by atoms with Gasteiger partial charge in [-0.05, 0) is 93.0 Å². The van der Waals surface area contributed by atoms with Crippen LogP contribution in [0.1, 0.15) is 93.9 Å². The average molecular weight is 779 g/mol. The van der Waals surface area contributed by atoms with E-state index in [1.807, 2.05) is 49.1 Å². The SMILES string of the molecule is C.CCC(=O)N1CCc2cc(-c3nc(C(=O)OC)co3)ccc21.CCC(=O)N1CCc2cc(B3OC(C)(C)C(C)(C)O3)ccc21.COC(=O)c1coc(Cl)n1. The van der Waals surface area contributed by atoms with Gasteiger partial charge >= 0.3 is 19.1 Å². The maximum atomic E-state index is 12.0. The predicted molar refractivity (Wildman–Crippen MR) is 208 cm³/mol. The first-order valence-corrected chi connectivity index (χ1v) is 18.0. The molecular formula is C39H48BClN4O10. The number of ether oxygens (including phenoxy) is 2. The number of methoxy groups -OCH3 is 2. The number of hydrogen-bond donors (Lipinski definition) is 0. The highest BCUT2D eigenvalue weighted by Gasteiger charge is 2.51. The molecule has 2 aromatic carbocycles. The molecule has 0 unspecified atom stereocenters. The molecule has 2 aromatic heterocycles. The summed E-state index contributed by atoms with van der Waals surface area (Å²) in [5, 5.41) is -0.0691. The number of aromatic nitrogens is 2. The number of anilines is 2. The standard InChI is InChI=1S/C17H24BNO3.C16H16N2O4.C5H4ClNO3.CH4/c1-6-15(20)19-10-9-12-11-13(7-8-14(12)19)18-21-16(2,3)17(4,5)22-18;1-3-14(19)18-7-6-10-8-11(4-5-13(10)18)15-17-12(9-22-15)16(20)21-2;1-9-4(8)3-2-10-5(6)7-3;/h7-8,11H,6,9-10H2,1-5H3;4-5,8-9H,3,6-7H2,1-2H3;2H,1H3;1H4. The van der Waals surface area contributed by atoms with E-state index in [-0.39, 0.29) is 54.3 Å². The number of oxazole rings is 2. The van der Waals surface area contributed by atoms with Gasteiger partial charge in [-0.25, -0.2) is 14.6 Å². The Morgan fingerprint density at radius 3 is 1.75 bits per heavy atom. The van der Waals surface area contributed by atoms with E-state index < -0.39 is 11.9 Å². The van der Waals surface area contributed by atoms with E-state index in [9.17, 15) is 19.2 Å². The summed E-state index contributed by atoms with van der Waals surface area (Å²) in [5.74, 6) is -0.423. The molecule has 0 saturated carbocycles. The van der Waals surface area contributed by atoms with Gasteiger partial charge in [0.1, 0.15) is 12.5 Å². The predicted octanol–water partition coefficient (Wildman–Crippen LogP) is 6.46. The lowest BCUT2D eigenvalue weighted by Crippen LogP contribution is -2.41. The average Bonchev–Trinajstić information content (AvgIpc) is 4.01. The number of nitrogens with zero attached hydrogens (tertiary/aromatic N) is 4. The van der Waals surface area contributed by atoms with Gasteiger partial charge in [0.25, 0.3) is 5.35 Å². The molecule has 0 spiro atoms. The van der Waals surface area contributed by atoms with Crippen LogP contribution < -0.4 is 15.3 Å². The van der Waals surface area contributed by atoms with E-state index in [2.05, 4.69) is 57.6 Å². The number of esters is 2. The monoisotopic (exact) mass is 778 g/mol. The number of carbonyl (C=O) groups excluding carboxylic acids is 4.